The smallest absolute Gasteiger partial charge is 0.338 e. The minimum absolute atomic E-state index is 0.120. The second-order valence-corrected chi connectivity index (χ2v) is 5.40. The molecule has 0 spiro atoms. The third-order valence-electron chi connectivity index (χ3n) is 2.87. The van der Waals surface area contributed by atoms with Gasteiger partial charge in [0.05, 0.1) is 18.2 Å². The number of amides is 2. The standard InChI is InChI=1S/C12H18N2O4S/c1-4-8(5-15)13-12(18)14-10-9(11(16)17)6(2)7(3)19-10/h8,15H,4-5H2,1-3H3,(H,16,17)(H2,13,14,18)/t8-/m0/s1. The van der Waals surface area contributed by atoms with Gasteiger partial charge in [-0.1, -0.05) is 6.92 Å². The number of anilines is 1. The molecule has 6 nitrogen and oxygen atoms in total. The van der Waals surface area contributed by atoms with Crippen molar-refractivity contribution in [2.45, 2.75) is 33.2 Å². The quantitative estimate of drug-likeness (QED) is 0.665. The van der Waals surface area contributed by atoms with Gasteiger partial charge in [-0.25, -0.2) is 9.59 Å². The van der Waals surface area contributed by atoms with Crippen LogP contribution < -0.4 is 10.6 Å². The van der Waals surface area contributed by atoms with E-state index in [1.807, 2.05) is 6.92 Å². The van der Waals surface area contributed by atoms with Gasteiger partial charge in [0.1, 0.15) is 5.00 Å². The van der Waals surface area contributed by atoms with E-state index in [2.05, 4.69) is 10.6 Å². The number of thiophene rings is 1. The molecule has 0 unspecified atom stereocenters. The second kappa shape index (κ2) is 6.53. The van der Waals surface area contributed by atoms with E-state index < -0.39 is 12.0 Å². The molecule has 1 aromatic rings. The first-order valence-electron chi connectivity index (χ1n) is 5.92. The van der Waals surface area contributed by atoms with Gasteiger partial charge in [0.25, 0.3) is 0 Å². The predicted molar refractivity (Wildman–Crippen MR) is 74.1 cm³/mol. The van der Waals surface area contributed by atoms with Crippen LogP contribution in [0.3, 0.4) is 0 Å². The number of aryl methyl sites for hydroxylation is 1. The number of nitrogens with one attached hydrogen (secondary N) is 2. The van der Waals surface area contributed by atoms with E-state index in [4.69, 9.17) is 10.2 Å². The molecular weight excluding hydrogens is 268 g/mol. The molecule has 0 bridgehead atoms. The van der Waals surface area contributed by atoms with E-state index in [1.165, 1.54) is 11.3 Å². The summed E-state index contributed by atoms with van der Waals surface area (Å²) in [5.41, 5.74) is 0.775. The second-order valence-electron chi connectivity index (χ2n) is 4.18. The molecule has 7 heteroatoms. The molecule has 1 heterocycles. The third-order valence-corrected chi connectivity index (χ3v) is 4.00. The van der Waals surface area contributed by atoms with Crippen molar-refractivity contribution in [3.8, 4) is 0 Å². The van der Waals surface area contributed by atoms with Crippen LogP contribution in [0.4, 0.5) is 9.80 Å². The Labute approximate surface area is 115 Å². The fraction of sp³-hybridized carbons (Fsp3) is 0.500. The van der Waals surface area contributed by atoms with Crippen LogP contribution in [0.25, 0.3) is 0 Å². The number of carbonyl (C=O) groups is 2. The number of hydrogen-bond donors (Lipinski definition) is 4. The van der Waals surface area contributed by atoms with Crippen LogP contribution in [0, 0.1) is 13.8 Å². The molecule has 0 aromatic carbocycles. The van der Waals surface area contributed by atoms with Crippen LogP contribution in [0.1, 0.15) is 34.1 Å². The molecule has 1 atom stereocenters. The largest absolute Gasteiger partial charge is 0.478 e. The zero-order chi connectivity index (χ0) is 14.6. The molecule has 2 amide bonds. The Bertz CT molecular complexity index is 480. The molecule has 4 N–H and O–H groups in total. The van der Waals surface area contributed by atoms with E-state index in [0.717, 1.165) is 4.88 Å². The summed E-state index contributed by atoms with van der Waals surface area (Å²) in [6.07, 6.45) is 0.595. The molecule has 0 aliphatic heterocycles. The molecule has 106 valence electrons. The van der Waals surface area contributed by atoms with Gasteiger partial charge in [-0.2, -0.15) is 0 Å². The summed E-state index contributed by atoms with van der Waals surface area (Å²) in [6.45, 7) is 5.19. The summed E-state index contributed by atoms with van der Waals surface area (Å²) < 4.78 is 0. The minimum atomic E-state index is -1.06. The molecule has 0 radical (unpaired) electrons. The first-order chi connectivity index (χ1) is 8.90. The van der Waals surface area contributed by atoms with Gasteiger partial charge in [-0.15, -0.1) is 11.3 Å². The van der Waals surface area contributed by atoms with E-state index in [9.17, 15) is 9.59 Å². The maximum atomic E-state index is 11.7. The van der Waals surface area contributed by atoms with Crippen molar-refractivity contribution in [3.63, 3.8) is 0 Å². The molecule has 1 rings (SSSR count). The van der Waals surface area contributed by atoms with Crippen molar-refractivity contribution >= 4 is 28.3 Å². The Morgan fingerprint density at radius 1 is 1.37 bits per heavy atom. The monoisotopic (exact) mass is 286 g/mol. The van der Waals surface area contributed by atoms with E-state index >= 15 is 0 Å². The number of hydrogen-bond acceptors (Lipinski definition) is 4. The maximum Gasteiger partial charge on any atom is 0.338 e. The Kier molecular flexibility index (Phi) is 5.31. The van der Waals surface area contributed by atoms with Crippen LogP contribution in [-0.4, -0.2) is 34.9 Å². The molecule has 0 aliphatic carbocycles. The Morgan fingerprint density at radius 2 is 2.00 bits per heavy atom. The number of aliphatic hydroxyl groups excluding tert-OH is 1. The lowest BCUT2D eigenvalue weighted by atomic mass is 10.1. The highest BCUT2D eigenvalue weighted by molar-refractivity contribution is 7.16. The van der Waals surface area contributed by atoms with Crippen molar-refractivity contribution < 1.29 is 19.8 Å². The Hall–Kier alpha value is -1.60. The number of urea groups is 1. The zero-order valence-electron chi connectivity index (χ0n) is 11.1. The fourth-order valence-electron chi connectivity index (χ4n) is 1.57. The highest BCUT2D eigenvalue weighted by atomic mass is 32.1. The number of carboxylic acids is 1. The van der Waals surface area contributed by atoms with Gasteiger partial charge in [0, 0.05) is 4.88 Å². The first kappa shape index (κ1) is 15.5. The van der Waals surface area contributed by atoms with E-state index in [-0.39, 0.29) is 18.2 Å². The van der Waals surface area contributed by atoms with E-state index in [1.54, 1.807) is 13.8 Å². The maximum absolute atomic E-state index is 11.7. The van der Waals surface area contributed by atoms with E-state index in [0.29, 0.717) is 17.0 Å². The van der Waals surface area contributed by atoms with Gasteiger partial charge in [0.15, 0.2) is 0 Å². The summed E-state index contributed by atoms with van der Waals surface area (Å²) in [5, 5.41) is 23.6. The topological polar surface area (TPSA) is 98.7 Å². The van der Waals surface area contributed by atoms with Crippen LogP contribution in [0.15, 0.2) is 0 Å². The molecule has 0 saturated carbocycles. The van der Waals surface area contributed by atoms with Crippen molar-refractivity contribution in [2.24, 2.45) is 0 Å². The lowest BCUT2D eigenvalue weighted by molar-refractivity contribution is 0.0697. The van der Waals surface area contributed by atoms with Crippen molar-refractivity contribution in [1.29, 1.82) is 0 Å². The Balaban J connectivity index is 2.85. The highest BCUT2D eigenvalue weighted by Crippen LogP contribution is 2.32. The molecule has 0 aliphatic rings. The summed E-state index contributed by atoms with van der Waals surface area (Å²) in [6, 6.07) is -0.847. The number of carbonyl (C=O) groups excluding carboxylic acids is 1. The summed E-state index contributed by atoms with van der Waals surface area (Å²) in [5.74, 6) is -1.06. The first-order valence-corrected chi connectivity index (χ1v) is 6.74. The lowest BCUT2D eigenvalue weighted by Crippen LogP contribution is -2.39. The van der Waals surface area contributed by atoms with Gasteiger partial charge in [0.2, 0.25) is 0 Å². The normalized spacial score (nSPS) is 12.0. The third kappa shape index (κ3) is 3.68. The van der Waals surface area contributed by atoms with Crippen LogP contribution in [0.2, 0.25) is 0 Å². The molecule has 0 fully saturated rings. The lowest BCUT2D eigenvalue weighted by Gasteiger charge is -2.14. The van der Waals surface area contributed by atoms with Crippen molar-refractivity contribution in [2.75, 3.05) is 11.9 Å². The minimum Gasteiger partial charge on any atom is -0.478 e. The number of aliphatic hydroxyl groups is 1. The van der Waals surface area contributed by atoms with Crippen LogP contribution >= 0.6 is 11.3 Å². The SMILES string of the molecule is CC[C@@H](CO)NC(=O)Nc1sc(C)c(C)c1C(=O)O. The van der Waals surface area contributed by atoms with Crippen molar-refractivity contribution in [3.05, 3.63) is 16.0 Å². The number of aromatic carboxylic acids is 1. The predicted octanol–water partition coefficient (Wildman–Crippen LogP) is 1.96. The number of rotatable bonds is 5. The van der Waals surface area contributed by atoms with Gasteiger partial charge in [-0.3, -0.25) is 5.32 Å². The fourth-order valence-corrected chi connectivity index (χ4v) is 2.62. The zero-order valence-corrected chi connectivity index (χ0v) is 11.9. The van der Waals surface area contributed by atoms with Gasteiger partial charge >= 0.3 is 12.0 Å². The Morgan fingerprint density at radius 3 is 2.47 bits per heavy atom. The molecular formula is C12H18N2O4S. The summed E-state index contributed by atoms with van der Waals surface area (Å²) in [4.78, 5) is 23.7. The van der Waals surface area contributed by atoms with Gasteiger partial charge < -0.3 is 15.5 Å². The molecule has 1 aromatic heterocycles. The van der Waals surface area contributed by atoms with Crippen LogP contribution in [0.5, 0.6) is 0 Å². The number of carboxylic acid groups (broad SMARTS) is 1. The molecule has 0 saturated heterocycles. The summed E-state index contributed by atoms with van der Waals surface area (Å²) >= 11 is 1.22. The average molecular weight is 286 g/mol. The average Bonchev–Trinajstić information content (AvgIpc) is 2.61. The van der Waals surface area contributed by atoms with Crippen molar-refractivity contribution in [1.82, 2.24) is 5.32 Å². The highest BCUT2D eigenvalue weighted by Gasteiger charge is 2.20. The van der Waals surface area contributed by atoms with Gasteiger partial charge in [-0.05, 0) is 25.8 Å². The molecule has 19 heavy (non-hydrogen) atoms. The van der Waals surface area contributed by atoms with Crippen LogP contribution in [-0.2, 0) is 0 Å². The summed E-state index contributed by atoms with van der Waals surface area (Å²) in [7, 11) is 0.